The zero-order valence-corrected chi connectivity index (χ0v) is 7.40. The fraction of sp³-hybridized carbons (Fsp3) is 0.333. The van der Waals surface area contributed by atoms with Crippen LogP contribution in [0.25, 0.3) is 0 Å². The predicted molar refractivity (Wildman–Crippen MR) is 48.2 cm³/mol. The number of hydrogen-bond donors (Lipinski definition) is 2. The molecule has 0 aromatic carbocycles. The lowest BCUT2D eigenvalue weighted by molar-refractivity contribution is -0.137. The highest BCUT2D eigenvalue weighted by molar-refractivity contribution is 5.67. The summed E-state index contributed by atoms with van der Waals surface area (Å²) >= 11 is 0. The van der Waals surface area contributed by atoms with Gasteiger partial charge in [-0.2, -0.15) is 0 Å². The van der Waals surface area contributed by atoms with Gasteiger partial charge in [0.05, 0.1) is 18.2 Å². The summed E-state index contributed by atoms with van der Waals surface area (Å²) in [6.07, 6.45) is -0.0869. The molecule has 0 unspecified atom stereocenters. The van der Waals surface area contributed by atoms with Crippen LogP contribution in [0.3, 0.4) is 0 Å². The van der Waals surface area contributed by atoms with Crippen molar-refractivity contribution in [2.75, 3.05) is 0 Å². The highest BCUT2D eigenvalue weighted by Crippen LogP contribution is 2.11. The third-order valence-electron chi connectivity index (χ3n) is 1.68. The molecular weight excluding hydrogens is 168 g/mol. The number of carboxylic acid groups (broad SMARTS) is 1. The van der Waals surface area contributed by atoms with Crippen LogP contribution in [0, 0.1) is 6.92 Å². The number of aromatic nitrogens is 1. The lowest BCUT2D eigenvalue weighted by atomic mass is 10.1. The second kappa shape index (κ2) is 4.00. The van der Waals surface area contributed by atoms with Crippen molar-refractivity contribution in [3.8, 4) is 0 Å². The zero-order valence-electron chi connectivity index (χ0n) is 7.40. The molecular formula is C9H12N2O2. The van der Waals surface area contributed by atoms with Crippen molar-refractivity contribution in [1.82, 2.24) is 4.98 Å². The molecule has 3 N–H and O–H groups in total. The van der Waals surface area contributed by atoms with Gasteiger partial charge < -0.3 is 10.8 Å². The molecule has 1 aromatic rings. The summed E-state index contributed by atoms with van der Waals surface area (Å²) in [5, 5.41) is 8.51. The maximum Gasteiger partial charge on any atom is 0.305 e. The Morgan fingerprint density at radius 2 is 2.38 bits per heavy atom. The minimum absolute atomic E-state index is 0.0869. The van der Waals surface area contributed by atoms with Gasteiger partial charge in [-0.05, 0) is 19.1 Å². The number of pyridine rings is 1. The summed E-state index contributed by atoms with van der Waals surface area (Å²) in [6, 6.07) is 4.88. The number of carboxylic acids is 1. The molecule has 1 heterocycles. The first-order valence-electron chi connectivity index (χ1n) is 4.00. The number of aliphatic carboxylic acids is 1. The monoisotopic (exact) mass is 180 g/mol. The number of carbonyl (C=O) groups is 1. The van der Waals surface area contributed by atoms with Crippen molar-refractivity contribution in [1.29, 1.82) is 0 Å². The quantitative estimate of drug-likeness (QED) is 0.723. The van der Waals surface area contributed by atoms with Gasteiger partial charge in [0, 0.05) is 5.69 Å². The van der Waals surface area contributed by atoms with E-state index in [0.717, 1.165) is 5.69 Å². The predicted octanol–water partition coefficient (Wildman–Crippen LogP) is 0.865. The molecule has 0 spiro atoms. The Labute approximate surface area is 76.4 Å². The standard InChI is InChI=1S/C9H12N2O2/c1-6-3-2-4-8(11-6)7(10)5-9(12)13/h2-4,7H,5,10H2,1H3,(H,12,13)/t7-/m0/s1. The highest BCUT2D eigenvalue weighted by Gasteiger charge is 2.11. The summed E-state index contributed by atoms with van der Waals surface area (Å²) in [5.41, 5.74) is 7.09. The number of nitrogens with two attached hydrogens (primary N) is 1. The lowest BCUT2D eigenvalue weighted by Crippen LogP contribution is -2.16. The molecule has 1 aromatic heterocycles. The molecule has 13 heavy (non-hydrogen) atoms. The molecule has 0 saturated heterocycles. The van der Waals surface area contributed by atoms with Crippen LogP contribution in [0.1, 0.15) is 23.9 Å². The van der Waals surface area contributed by atoms with Crippen LogP contribution in [0.2, 0.25) is 0 Å². The third-order valence-corrected chi connectivity index (χ3v) is 1.68. The van der Waals surface area contributed by atoms with E-state index >= 15 is 0 Å². The molecule has 4 nitrogen and oxygen atoms in total. The molecule has 0 aliphatic carbocycles. The Morgan fingerprint density at radius 1 is 1.69 bits per heavy atom. The topological polar surface area (TPSA) is 76.2 Å². The van der Waals surface area contributed by atoms with Crippen molar-refractivity contribution in [3.05, 3.63) is 29.6 Å². The van der Waals surface area contributed by atoms with E-state index in [1.807, 2.05) is 19.1 Å². The average Bonchev–Trinajstić information content (AvgIpc) is 2.03. The van der Waals surface area contributed by atoms with Crippen LogP contribution in [0.5, 0.6) is 0 Å². The molecule has 0 aliphatic rings. The smallest absolute Gasteiger partial charge is 0.305 e. The molecule has 4 heteroatoms. The maximum atomic E-state index is 10.4. The van der Waals surface area contributed by atoms with Gasteiger partial charge in [-0.3, -0.25) is 9.78 Å². The lowest BCUT2D eigenvalue weighted by Gasteiger charge is -2.08. The summed E-state index contributed by atoms with van der Waals surface area (Å²) in [4.78, 5) is 14.5. The summed E-state index contributed by atoms with van der Waals surface area (Å²) in [7, 11) is 0. The van der Waals surface area contributed by atoms with Gasteiger partial charge in [0.1, 0.15) is 0 Å². The summed E-state index contributed by atoms with van der Waals surface area (Å²) < 4.78 is 0. The maximum absolute atomic E-state index is 10.4. The van der Waals surface area contributed by atoms with Gasteiger partial charge >= 0.3 is 5.97 Å². The van der Waals surface area contributed by atoms with E-state index in [9.17, 15) is 4.79 Å². The fourth-order valence-corrected chi connectivity index (χ4v) is 1.06. The summed E-state index contributed by atoms with van der Waals surface area (Å²) in [6.45, 7) is 1.84. The second-order valence-electron chi connectivity index (χ2n) is 2.91. The zero-order chi connectivity index (χ0) is 9.84. The largest absolute Gasteiger partial charge is 0.481 e. The Bertz CT molecular complexity index is 312. The van der Waals surface area contributed by atoms with Crippen molar-refractivity contribution < 1.29 is 9.90 Å². The number of hydrogen-bond acceptors (Lipinski definition) is 3. The van der Waals surface area contributed by atoms with Crippen molar-refractivity contribution in [2.24, 2.45) is 5.73 Å². The van der Waals surface area contributed by atoms with Crippen LogP contribution in [0.15, 0.2) is 18.2 Å². The number of nitrogens with zero attached hydrogens (tertiary/aromatic N) is 1. The van der Waals surface area contributed by atoms with E-state index in [0.29, 0.717) is 5.69 Å². The van der Waals surface area contributed by atoms with Crippen LogP contribution >= 0.6 is 0 Å². The van der Waals surface area contributed by atoms with Gasteiger partial charge in [-0.25, -0.2) is 0 Å². The molecule has 0 fully saturated rings. The first-order valence-corrected chi connectivity index (χ1v) is 4.00. The normalized spacial score (nSPS) is 12.5. The van der Waals surface area contributed by atoms with E-state index in [-0.39, 0.29) is 6.42 Å². The minimum Gasteiger partial charge on any atom is -0.481 e. The number of aryl methyl sites for hydroxylation is 1. The van der Waals surface area contributed by atoms with Crippen molar-refractivity contribution in [3.63, 3.8) is 0 Å². The van der Waals surface area contributed by atoms with Gasteiger partial charge in [0.15, 0.2) is 0 Å². The first-order chi connectivity index (χ1) is 6.09. The second-order valence-corrected chi connectivity index (χ2v) is 2.91. The first kappa shape index (κ1) is 9.67. The van der Waals surface area contributed by atoms with Crippen molar-refractivity contribution >= 4 is 5.97 Å². The summed E-state index contributed by atoms with van der Waals surface area (Å²) in [5.74, 6) is -0.907. The third kappa shape index (κ3) is 2.83. The van der Waals surface area contributed by atoms with Gasteiger partial charge in [0.25, 0.3) is 0 Å². The van der Waals surface area contributed by atoms with E-state index in [2.05, 4.69) is 4.98 Å². The highest BCUT2D eigenvalue weighted by atomic mass is 16.4. The molecule has 0 radical (unpaired) electrons. The average molecular weight is 180 g/mol. The van der Waals surface area contributed by atoms with E-state index in [4.69, 9.17) is 10.8 Å². The van der Waals surface area contributed by atoms with Crippen LogP contribution < -0.4 is 5.73 Å². The molecule has 0 amide bonds. The van der Waals surface area contributed by atoms with Gasteiger partial charge in [-0.15, -0.1) is 0 Å². The molecule has 0 bridgehead atoms. The SMILES string of the molecule is Cc1cccc([C@@H](N)CC(=O)O)n1. The van der Waals surface area contributed by atoms with Gasteiger partial charge in [0.2, 0.25) is 0 Å². The van der Waals surface area contributed by atoms with Gasteiger partial charge in [-0.1, -0.05) is 6.07 Å². The molecule has 0 aliphatic heterocycles. The van der Waals surface area contributed by atoms with Crippen molar-refractivity contribution in [2.45, 2.75) is 19.4 Å². The minimum atomic E-state index is -0.907. The van der Waals surface area contributed by atoms with Crippen LogP contribution in [-0.2, 0) is 4.79 Å². The number of rotatable bonds is 3. The van der Waals surface area contributed by atoms with E-state index < -0.39 is 12.0 Å². The molecule has 1 rings (SSSR count). The molecule has 70 valence electrons. The van der Waals surface area contributed by atoms with Crippen LogP contribution in [-0.4, -0.2) is 16.1 Å². The Morgan fingerprint density at radius 3 is 2.92 bits per heavy atom. The Hall–Kier alpha value is -1.42. The van der Waals surface area contributed by atoms with Crippen LogP contribution in [0.4, 0.5) is 0 Å². The molecule has 0 saturated carbocycles. The van der Waals surface area contributed by atoms with E-state index in [1.165, 1.54) is 0 Å². The Balaban J connectivity index is 2.76. The fourth-order valence-electron chi connectivity index (χ4n) is 1.06. The van der Waals surface area contributed by atoms with E-state index in [1.54, 1.807) is 6.07 Å². The molecule has 1 atom stereocenters. The Kier molecular flexibility index (Phi) is 2.97.